The average molecular weight is 798 g/mol. The molecule has 5 rings (SSSR count). The first-order valence-corrected chi connectivity index (χ1v) is 18.1. The number of hydrogen-bond donors (Lipinski definition) is 0. The molecular formula is C43H47N3O12. The first kappa shape index (κ1) is 42.4. The van der Waals surface area contributed by atoms with Gasteiger partial charge in [-0.3, -0.25) is 14.8 Å². The van der Waals surface area contributed by atoms with Crippen molar-refractivity contribution in [2.24, 2.45) is 0 Å². The van der Waals surface area contributed by atoms with Crippen molar-refractivity contribution >= 4 is 12.2 Å². The number of amides is 2. The predicted molar refractivity (Wildman–Crippen MR) is 211 cm³/mol. The lowest BCUT2D eigenvalue weighted by molar-refractivity contribution is -0.0795. The standard InChI is InChI=1S/C43H47N3O12/c1-49-36-13-5-9-32(17-36)24-45(25-33-10-6-14-37(18-33)50-2)42(47)57-30-53-28-55-40-21-41(23-44-22-40)56-29-54-31-58-43(48)46(26-34-11-7-15-38(19-34)51-3)27-35-12-8-16-39(20-35)52-4/h5-23H,24-31H2,1-4H3. The lowest BCUT2D eigenvalue weighted by Gasteiger charge is -2.23. The molecule has 306 valence electrons. The van der Waals surface area contributed by atoms with Crippen molar-refractivity contribution in [3.05, 3.63) is 138 Å². The largest absolute Gasteiger partial charge is 0.497 e. The molecule has 0 fully saturated rings. The van der Waals surface area contributed by atoms with Gasteiger partial charge in [0.2, 0.25) is 0 Å². The van der Waals surface area contributed by atoms with Crippen LogP contribution >= 0.6 is 0 Å². The number of benzene rings is 4. The van der Waals surface area contributed by atoms with E-state index in [2.05, 4.69) is 4.98 Å². The van der Waals surface area contributed by atoms with Crippen LogP contribution in [0.4, 0.5) is 9.59 Å². The molecule has 2 amide bonds. The van der Waals surface area contributed by atoms with Crippen LogP contribution in [0.3, 0.4) is 0 Å². The van der Waals surface area contributed by atoms with Crippen molar-refractivity contribution in [2.75, 3.05) is 55.6 Å². The summed E-state index contributed by atoms with van der Waals surface area (Å²) < 4.78 is 54.3. The number of methoxy groups -OCH3 is 4. The maximum absolute atomic E-state index is 13.2. The van der Waals surface area contributed by atoms with E-state index in [1.54, 1.807) is 44.3 Å². The maximum Gasteiger partial charge on any atom is 0.412 e. The number of rotatable bonds is 22. The van der Waals surface area contributed by atoms with E-state index in [0.29, 0.717) is 34.5 Å². The monoisotopic (exact) mass is 797 g/mol. The molecule has 1 aromatic heterocycles. The Kier molecular flexibility index (Phi) is 16.6. The van der Waals surface area contributed by atoms with E-state index < -0.39 is 12.2 Å². The third-order valence-electron chi connectivity index (χ3n) is 8.38. The summed E-state index contributed by atoms with van der Waals surface area (Å²) in [6.07, 6.45) is 1.76. The molecule has 0 aliphatic heterocycles. The second-order valence-corrected chi connectivity index (χ2v) is 12.5. The van der Waals surface area contributed by atoms with E-state index in [-0.39, 0.29) is 53.4 Å². The van der Waals surface area contributed by atoms with E-state index in [1.807, 2.05) is 97.1 Å². The van der Waals surface area contributed by atoms with Crippen LogP contribution in [0.1, 0.15) is 22.3 Å². The molecule has 0 radical (unpaired) electrons. The van der Waals surface area contributed by atoms with Gasteiger partial charge in [0.05, 0.1) is 40.8 Å². The minimum atomic E-state index is -0.588. The quantitative estimate of drug-likeness (QED) is 0.0506. The van der Waals surface area contributed by atoms with Crippen LogP contribution in [0.15, 0.2) is 116 Å². The van der Waals surface area contributed by atoms with Crippen molar-refractivity contribution in [1.29, 1.82) is 0 Å². The normalized spacial score (nSPS) is 10.6. The van der Waals surface area contributed by atoms with Crippen LogP contribution in [-0.2, 0) is 45.1 Å². The molecule has 0 aliphatic rings. The van der Waals surface area contributed by atoms with Crippen molar-refractivity contribution in [3.63, 3.8) is 0 Å². The van der Waals surface area contributed by atoms with E-state index in [0.717, 1.165) is 22.3 Å². The minimum absolute atomic E-state index is 0.237. The lowest BCUT2D eigenvalue weighted by atomic mass is 10.1. The fourth-order valence-electron chi connectivity index (χ4n) is 5.55. The molecule has 58 heavy (non-hydrogen) atoms. The maximum atomic E-state index is 13.2. The summed E-state index contributed by atoms with van der Waals surface area (Å²) in [5.74, 6) is 3.37. The van der Waals surface area contributed by atoms with Gasteiger partial charge in [0.15, 0.2) is 27.2 Å². The zero-order chi connectivity index (χ0) is 41.0. The molecule has 0 saturated carbocycles. The van der Waals surface area contributed by atoms with Gasteiger partial charge < -0.3 is 47.4 Å². The molecule has 0 N–H and O–H groups in total. The average Bonchev–Trinajstić information content (AvgIpc) is 3.26. The van der Waals surface area contributed by atoms with Gasteiger partial charge in [-0.05, 0) is 70.8 Å². The van der Waals surface area contributed by atoms with Crippen LogP contribution in [0.2, 0.25) is 0 Å². The van der Waals surface area contributed by atoms with E-state index in [4.69, 9.17) is 47.4 Å². The van der Waals surface area contributed by atoms with E-state index in [9.17, 15) is 9.59 Å². The minimum Gasteiger partial charge on any atom is -0.497 e. The number of carbonyl (C=O) groups excluding carboxylic acids is 2. The van der Waals surface area contributed by atoms with Gasteiger partial charge in [-0.2, -0.15) is 0 Å². The summed E-state index contributed by atoms with van der Waals surface area (Å²) in [6.45, 7) is -0.140. The Morgan fingerprint density at radius 1 is 0.448 bits per heavy atom. The second kappa shape index (κ2) is 22.7. The highest BCUT2D eigenvalue weighted by molar-refractivity contribution is 5.68. The number of aromatic nitrogens is 1. The van der Waals surface area contributed by atoms with Crippen LogP contribution in [0.25, 0.3) is 0 Å². The number of nitrogens with zero attached hydrogens (tertiary/aromatic N) is 3. The highest BCUT2D eigenvalue weighted by Gasteiger charge is 2.19. The van der Waals surface area contributed by atoms with Crippen LogP contribution in [0, 0.1) is 0 Å². The Hall–Kier alpha value is -6.71. The van der Waals surface area contributed by atoms with Crippen molar-refractivity contribution in [2.45, 2.75) is 26.2 Å². The first-order valence-electron chi connectivity index (χ1n) is 18.1. The third-order valence-corrected chi connectivity index (χ3v) is 8.38. The van der Waals surface area contributed by atoms with Crippen molar-refractivity contribution in [3.8, 4) is 34.5 Å². The highest BCUT2D eigenvalue weighted by atomic mass is 16.8. The third kappa shape index (κ3) is 13.8. The predicted octanol–water partition coefficient (Wildman–Crippen LogP) is 7.41. The molecule has 0 atom stereocenters. The number of hydrogen-bond acceptors (Lipinski definition) is 13. The number of carbonyl (C=O) groups is 2. The van der Waals surface area contributed by atoms with Gasteiger partial charge in [-0.15, -0.1) is 0 Å². The van der Waals surface area contributed by atoms with Crippen molar-refractivity contribution in [1.82, 2.24) is 14.8 Å². The Balaban J connectivity index is 1.05. The molecule has 0 aliphatic carbocycles. The molecule has 0 saturated heterocycles. The fraction of sp³-hybridized carbons (Fsp3) is 0.279. The van der Waals surface area contributed by atoms with Gasteiger partial charge >= 0.3 is 12.2 Å². The summed E-state index contributed by atoms with van der Waals surface area (Å²) >= 11 is 0. The fourth-order valence-corrected chi connectivity index (χ4v) is 5.55. The summed E-state index contributed by atoms with van der Waals surface area (Å²) in [4.78, 5) is 33.6. The van der Waals surface area contributed by atoms with Crippen molar-refractivity contribution < 1.29 is 57.0 Å². The van der Waals surface area contributed by atoms with Gasteiger partial charge in [0, 0.05) is 32.2 Å². The zero-order valence-electron chi connectivity index (χ0n) is 32.9. The topological polar surface area (TPSA) is 146 Å². The summed E-state index contributed by atoms with van der Waals surface area (Å²) in [6, 6.07) is 31.3. The van der Waals surface area contributed by atoms with Gasteiger partial charge in [0.25, 0.3) is 0 Å². The Morgan fingerprint density at radius 2 is 0.776 bits per heavy atom. The van der Waals surface area contributed by atoms with Gasteiger partial charge in [0.1, 0.15) is 34.5 Å². The molecule has 0 bridgehead atoms. The summed E-state index contributed by atoms with van der Waals surface area (Å²) in [7, 11) is 6.34. The van der Waals surface area contributed by atoms with Crippen LogP contribution in [-0.4, -0.2) is 82.6 Å². The molecule has 0 unspecified atom stereocenters. The molecule has 0 spiro atoms. The molecule has 4 aromatic carbocycles. The van der Waals surface area contributed by atoms with Crippen LogP contribution < -0.4 is 28.4 Å². The Morgan fingerprint density at radius 3 is 1.09 bits per heavy atom. The van der Waals surface area contributed by atoms with E-state index >= 15 is 0 Å². The molecule has 15 nitrogen and oxygen atoms in total. The van der Waals surface area contributed by atoms with Gasteiger partial charge in [-0.25, -0.2) is 9.59 Å². The second-order valence-electron chi connectivity index (χ2n) is 12.5. The smallest absolute Gasteiger partial charge is 0.412 e. The number of ether oxygens (including phenoxy) is 10. The lowest BCUT2D eigenvalue weighted by Crippen LogP contribution is -2.31. The molecular weight excluding hydrogens is 750 g/mol. The van der Waals surface area contributed by atoms with E-state index in [1.165, 1.54) is 12.4 Å². The SMILES string of the molecule is COc1cccc(CN(Cc2cccc(OC)c2)C(=O)OCOCOc2cncc(OCOCOC(=O)N(Cc3cccc(OC)c3)Cc3cccc(OC)c3)c2)c1. The molecule has 5 aromatic rings. The Labute approximate surface area is 337 Å². The Bertz CT molecular complexity index is 1810. The van der Waals surface area contributed by atoms with Crippen LogP contribution in [0.5, 0.6) is 34.5 Å². The highest BCUT2D eigenvalue weighted by Crippen LogP contribution is 2.22. The zero-order valence-corrected chi connectivity index (χ0v) is 32.9. The summed E-state index contributed by atoms with van der Waals surface area (Å²) in [5.41, 5.74) is 3.43. The first-order chi connectivity index (χ1) is 28.3. The number of pyridine rings is 1. The molecule has 1 heterocycles. The van der Waals surface area contributed by atoms with Gasteiger partial charge in [-0.1, -0.05) is 48.5 Å². The summed E-state index contributed by atoms with van der Waals surface area (Å²) in [5, 5.41) is 0. The molecule has 15 heteroatoms.